The van der Waals surface area contributed by atoms with Crippen LogP contribution in [0.1, 0.15) is 19.4 Å². The van der Waals surface area contributed by atoms with Gasteiger partial charge < -0.3 is 9.47 Å². The molecule has 0 atom stereocenters. The summed E-state index contributed by atoms with van der Waals surface area (Å²) in [5.74, 6) is -0.313. The number of hydrogen-bond donors (Lipinski definition) is 0. The molecule has 0 fully saturated rings. The van der Waals surface area contributed by atoms with Crippen LogP contribution in [0.5, 0.6) is 11.5 Å². The summed E-state index contributed by atoms with van der Waals surface area (Å²) in [5.41, 5.74) is 1.93. The SMILES string of the molecule is CC(=O)Oc1ccc(C)c(OC(C)=O)c1-c1nc2cc(Cl)ccc2s1. The Bertz CT molecular complexity index is 996. The van der Waals surface area contributed by atoms with Crippen LogP contribution < -0.4 is 9.47 Å². The molecule has 0 aliphatic carbocycles. The van der Waals surface area contributed by atoms with Gasteiger partial charge >= 0.3 is 11.9 Å². The average molecular weight is 376 g/mol. The van der Waals surface area contributed by atoms with Crippen molar-refractivity contribution in [2.45, 2.75) is 20.8 Å². The van der Waals surface area contributed by atoms with Gasteiger partial charge in [-0.15, -0.1) is 11.3 Å². The minimum absolute atomic E-state index is 0.291. The van der Waals surface area contributed by atoms with Crippen LogP contribution in [-0.4, -0.2) is 16.9 Å². The molecule has 3 rings (SSSR count). The molecule has 1 aromatic heterocycles. The number of benzene rings is 2. The highest BCUT2D eigenvalue weighted by Crippen LogP contribution is 2.44. The lowest BCUT2D eigenvalue weighted by Crippen LogP contribution is -2.07. The average Bonchev–Trinajstić information content (AvgIpc) is 2.92. The molecule has 0 unspecified atom stereocenters. The smallest absolute Gasteiger partial charge is 0.308 e. The highest BCUT2D eigenvalue weighted by molar-refractivity contribution is 7.21. The van der Waals surface area contributed by atoms with Crippen LogP contribution in [0.4, 0.5) is 0 Å². The van der Waals surface area contributed by atoms with Crippen molar-refractivity contribution >= 4 is 45.1 Å². The fraction of sp³-hybridized carbons (Fsp3) is 0.167. The Morgan fingerprint density at radius 3 is 2.48 bits per heavy atom. The second-order valence-electron chi connectivity index (χ2n) is 5.40. The number of carbonyl (C=O) groups is 2. The summed E-state index contributed by atoms with van der Waals surface area (Å²) >= 11 is 7.42. The molecule has 1 heterocycles. The number of rotatable bonds is 3. The number of fused-ring (bicyclic) bond motifs is 1. The first-order valence-electron chi connectivity index (χ1n) is 7.42. The summed E-state index contributed by atoms with van der Waals surface area (Å²) < 4.78 is 11.6. The van der Waals surface area contributed by atoms with Gasteiger partial charge in [-0.25, -0.2) is 4.98 Å². The Morgan fingerprint density at radius 1 is 1.08 bits per heavy atom. The number of halogens is 1. The molecule has 0 N–H and O–H groups in total. The first-order chi connectivity index (χ1) is 11.8. The van der Waals surface area contributed by atoms with Crippen LogP contribution in [0.2, 0.25) is 5.02 Å². The van der Waals surface area contributed by atoms with Crippen LogP contribution in [0.15, 0.2) is 30.3 Å². The van der Waals surface area contributed by atoms with Gasteiger partial charge in [-0.05, 0) is 36.8 Å². The van der Waals surface area contributed by atoms with E-state index < -0.39 is 11.9 Å². The molecule has 7 heteroatoms. The molecule has 0 aliphatic rings. The van der Waals surface area contributed by atoms with E-state index in [1.54, 1.807) is 24.3 Å². The number of nitrogens with zero attached hydrogens (tertiary/aromatic N) is 1. The fourth-order valence-electron chi connectivity index (χ4n) is 2.39. The minimum atomic E-state index is -0.469. The van der Waals surface area contributed by atoms with E-state index in [1.165, 1.54) is 25.2 Å². The molecule has 5 nitrogen and oxygen atoms in total. The molecule has 0 bridgehead atoms. The highest BCUT2D eigenvalue weighted by Gasteiger charge is 2.22. The molecule has 0 saturated carbocycles. The van der Waals surface area contributed by atoms with Gasteiger partial charge in [-0.3, -0.25) is 9.59 Å². The quantitative estimate of drug-likeness (QED) is 0.487. The van der Waals surface area contributed by atoms with Gasteiger partial charge in [0.2, 0.25) is 0 Å². The van der Waals surface area contributed by atoms with Crippen molar-refractivity contribution in [2.75, 3.05) is 0 Å². The van der Waals surface area contributed by atoms with E-state index in [-0.39, 0.29) is 0 Å². The summed E-state index contributed by atoms with van der Waals surface area (Å²) in [7, 11) is 0. The highest BCUT2D eigenvalue weighted by atomic mass is 35.5. The Kier molecular flexibility index (Phi) is 4.74. The second-order valence-corrected chi connectivity index (χ2v) is 6.87. The van der Waals surface area contributed by atoms with E-state index >= 15 is 0 Å². The van der Waals surface area contributed by atoms with Crippen LogP contribution in [0.3, 0.4) is 0 Å². The maximum absolute atomic E-state index is 11.5. The van der Waals surface area contributed by atoms with Crippen molar-refractivity contribution in [2.24, 2.45) is 0 Å². The van der Waals surface area contributed by atoms with E-state index in [0.717, 1.165) is 15.8 Å². The lowest BCUT2D eigenvalue weighted by molar-refractivity contribution is -0.132. The maximum atomic E-state index is 11.5. The van der Waals surface area contributed by atoms with Gasteiger partial charge in [0.05, 0.1) is 15.8 Å². The normalized spacial score (nSPS) is 10.7. The first-order valence-corrected chi connectivity index (χ1v) is 8.61. The summed E-state index contributed by atoms with van der Waals surface area (Å²) in [6.07, 6.45) is 0. The van der Waals surface area contributed by atoms with Gasteiger partial charge in [0.1, 0.15) is 16.5 Å². The zero-order chi connectivity index (χ0) is 18.1. The Hall–Kier alpha value is -2.44. The molecule has 0 spiro atoms. The molecule has 128 valence electrons. The van der Waals surface area contributed by atoms with Gasteiger partial charge in [-0.1, -0.05) is 17.7 Å². The number of aryl methyl sites for hydroxylation is 1. The predicted octanol–water partition coefficient (Wildman–Crippen LogP) is 4.78. The van der Waals surface area contributed by atoms with Crippen LogP contribution in [0, 0.1) is 6.92 Å². The van der Waals surface area contributed by atoms with Crippen LogP contribution in [0.25, 0.3) is 20.8 Å². The number of thiazole rings is 1. The van der Waals surface area contributed by atoms with Gasteiger partial charge in [0, 0.05) is 18.9 Å². The second kappa shape index (κ2) is 6.82. The Balaban J connectivity index is 2.27. The van der Waals surface area contributed by atoms with Gasteiger partial charge in [-0.2, -0.15) is 0 Å². The summed E-state index contributed by atoms with van der Waals surface area (Å²) in [6.45, 7) is 4.44. The molecule has 0 saturated heterocycles. The molecule has 0 radical (unpaired) electrons. The monoisotopic (exact) mass is 375 g/mol. The minimum Gasteiger partial charge on any atom is -0.426 e. The Labute approximate surface area is 153 Å². The number of esters is 2. The topological polar surface area (TPSA) is 65.5 Å². The van der Waals surface area contributed by atoms with E-state index in [4.69, 9.17) is 21.1 Å². The van der Waals surface area contributed by atoms with Gasteiger partial charge in [0.25, 0.3) is 0 Å². The maximum Gasteiger partial charge on any atom is 0.308 e. The lowest BCUT2D eigenvalue weighted by Gasteiger charge is -2.14. The molecule has 2 aromatic carbocycles. The fourth-order valence-corrected chi connectivity index (χ4v) is 3.55. The zero-order valence-electron chi connectivity index (χ0n) is 13.8. The third-order valence-corrected chi connectivity index (χ3v) is 4.67. The number of carbonyl (C=O) groups excluding carboxylic acids is 2. The summed E-state index contributed by atoms with van der Waals surface area (Å²) in [6, 6.07) is 8.79. The number of aromatic nitrogens is 1. The number of hydrogen-bond acceptors (Lipinski definition) is 6. The Morgan fingerprint density at radius 2 is 1.80 bits per heavy atom. The van der Waals surface area contributed by atoms with E-state index in [2.05, 4.69) is 4.98 Å². The number of ether oxygens (including phenoxy) is 2. The van der Waals surface area contributed by atoms with Crippen molar-refractivity contribution in [1.29, 1.82) is 0 Å². The third kappa shape index (κ3) is 3.65. The third-order valence-electron chi connectivity index (χ3n) is 3.38. The van der Waals surface area contributed by atoms with Crippen molar-refractivity contribution in [3.05, 3.63) is 40.9 Å². The molecule has 0 aliphatic heterocycles. The van der Waals surface area contributed by atoms with Crippen molar-refractivity contribution in [3.63, 3.8) is 0 Å². The zero-order valence-corrected chi connectivity index (χ0v) is 15.3. The van der Waals surface area contributed by atoms with Crippen LogP contribution in [-0.2, 0) is 9.59 Å². The van der Waals surface area contributed by atoms with Crippen molar-refractivity contribution in [3.8, 4) is 22.1 Å². The van der Waals surface area contributed by atoms with E-state index in [9.17, 15) is 9.59 Å². The van der Waals surface area contributed by atoms with E-state index in [1.807, 2.05) is 13.0 Å². The van der Waals surface area contributed by atoms with E-state index in [0.29, 0.717) is 27.1 Å². The van der Waals surface area contributed by atoms with Crippen molar-refractivity contribution < 1.29 is 19.1 Å². The molecular weight excluding hydrogens is 362 g/mol. The van der Waals surface area contributed by atoms with Crippen LogP contribution >= 0.6 is 22.9 Å². The molecular formula is C18H14ClNO4S. The predicted molar refractivity (Wildman–Crippen MR) is 97.4 cm³/mol. The summed E-state index contributed by atoms with van der Waals surface area (Å²) in [5, 5.41) is 1.16. The van der Waals surface area contributed by atoms with Crippen molar-refractivity contribution in [1.82, 2.24) is 4.98 Å². The standard InChI is InChI=1S/C18H14ClNO4S/c1-9-4-6-14(23-10(2)21)16(17(9)24-11(3)22)18-20-13-8-12(19)5-7-15(13)25-18/h4-8H,1-3H3. The lowest BCUT2D eigenvalue weighted by atomic mass is 10.1. The largest absolute Gasteiger partial charge is 0.426 e. The molecule has 3 aromatic rings. The first kappa shape index (κ1) is 17.4. The summed E-state index contributed by atoms with van der Waals surface area (Å²) in [4.78, 5) is 27.6. The molecule has 0 amide bonds. The van der Waals surface area contributed by atoms with Gasteiger partial charge in [0.15, 0.2) is 0 Å². The molecule has 25 heavy (non-hydrogen) atoms.